The lowest BCUT2D eigenvalue weighted by Crippen LogP contribution is -2.33. The van der Waals surface area contributed by atoms with Gasteiger partial charge in [0.1, 0.15) is 17.7 Å². The third kappa shape index (κ3) is 4.06. The zero-order valence-corrected chi connectivity index (χ0v) is 17.3. The average molecular weight is 422 g/mol. The van der Waals surface area contributed by atoms with E-state index in [2.05, 4.69) is 10.3 Å². The van der Waals surface area contributed by atoms with Crippen molar-refractivity contribution in [1.82, 2.24) is 19.8 Å². The number of carbonyl (C=O) groups excluding carboxylic acids is 2. The van der Waals surface area contributed by atoms with Crippen LogP contribution in [-0.2, 0) is 18.3 Å². The normalized spacial score (nSPS) is 13.9. The maximum Gasteiger partial charge on any atom is 0.255 e. The Morgan fingerprint density at radius 1 is 1.26 bits per heavy atom. The fraction of sp³-hybridized carbons (Fsp3) is 0.261. The van der Waals surface area contributed by atoms with E-state index in [1.54, 1.807) is 53.2 Å². The summed E-state index contributed by atoms with van der Waals surface area (Å²) in [4.78, 5) is 32.3. The molecular weight excluding hydrogens is 399 g/mol. The summed E-state index contributed by atoms with van der Waals surface area (Å²) in [5, 5.41) is 2.98. The predicted octanol–water partition coefficient (Wildman–Crippen LogP) is 2.68. The van der Waals surface area contributed by atoms with Gasteiger partial charge < -0.3 is 19.5 Å². The summed E-state index contributed by atoms with van der Waals surface area (Å²) in [6, 6.07) is 10.6. The third-order valence-corrected chi connectivity index (χ3v) is 5.42. The van der Waals surface area contributed by atoms with Crippen LogP contribution in [0.15, 0.2) is 54.9 Å². The van der Waals surface area contributed by atoms with Gasteiger partial charge in [-0.2, -0.15) is 0 Å². The zero-order valence-electron chi connectivity index (χ0n) is 17.3. The molecule has 0 radical (unpaired) electrons. The number of fused-ring (bicyclic) bond motifs is 1. The van der Waals surface area contributed by atoms with E-state index < -0.39 is 11.9 Å². The number of amides is 2. The summed E-state index contributed by atoms with van der Waals surface area (Å²) >= 11 is 0. The van der Waals surface area contributed by atoms with Crippen molar-refractivity contribution in [3.05, 3.63) is 88.8 Å². The predicted molar refractivity (Wildman–Crippen MR) is 112 cm³/mol. The van der Waals surface area contributed by atoms with Crippen LogP contribution in [0.1, 0.15) is 43.7 Å². The first-order valence-corrected chi connectivity index (χ1v) is 9.93. The highest BCUT2D eigenvalue weighted by Gasteiger charge is 2.32. The van der Waals surface area contributed by atoms with E-state index in [0.717, 1.165) is 5.56 Å². The van der Waals surface area contributed by atoms with Crippen molar-refractivity contribution < 1.29 is 18.7 Å². The molecule has 1 aliphatic heterocycles. The van der Waals surface area contributed by atoms with Gasteiger partial charge in [-0.1, -0.05) is 24.3 Å². The first-order valence-electron chi connectivity index (χ1n) is 9.93. The van der Waals surface area contributed by atoms with E-state index in [-0.39, 0.29) is 11.7 Å². The van der Waals surface area contributed by atoms with Gasteiger partial charge in [-0.05, 0) is 29.3 Å². The van der Waals surface area contributed by atoms with Gasteiger partial charge in [-0.25, -0.2) is 9.37 Å². The topological polar surface area (TPSA) is 76.5 Å². The molecule has 2 amide bonds. The quantitative estimate of drug-likeness (QED) is 0.635. The maximum absolute atomic E-state index is 13.5. The fourth-order valence-corrected chi connectivity index (χ4v) is 3.81. The first kappa shape index (κ1) is 20.7. The number of aromatic nitrogens is 2. The van der Waals surface area contributed by atoms with Crippen LogP contribution in [0.4, 0.5) is 4.39 Å². The molecule has 8 heteroatoms. The lowest BCUT2D eigenvalue weighted by Gasteiger charge is -2.20. The minimum atomic E-state index is -0.606. The van der Waals surface area contributed by atoms with Gasteiger partial charge in [0.25, 0.3) is 11.8 Å². The number of ether oxygens (including phenoxy) is 1. The standard InChI is InChI=1S/C23H23FN4O3/c1-27-11-10-25-21(27)20(15-6-8-17(24)9-7-15)26-22(29)18-5-3-4-16-14-28(12-13-31-2)23(30)19(16)18/h3-11,20H,12-14H2,1-2H3,(H,26,29)/t20-/m0/s1. The van der Waals surface area contributed by atoms with Crippen LogP contribution >= 0.6 is 0 Å². The molecule has 3 aromatic rings. The molecule has 0 aliphatic carbocycles. The molecule has 1 aromatic heterocycles. The van der Waals surface area contributed by atoms with Gasteiger partial charge in [0.15, 0.2) is 0 Å². The Morgan fingerprint density at radius 2 is 2.03 bits per heavy atom. The number of imidazole rings is 1. The second-order valence-corrected chi connectivity index (χ2v) is 7.41. The van der Waals surface area contributed by atoms with Gasteiger partial charge in [-0.15, -0.1) is 0 Å². The Hall–Kier alpha value is -3.52. The number of carbonyl (C=O) groups is 2. The number of nitrogens with zero attached hydrogens (tertiary/aromatic N) is 3. The Morgan fingerprint density at radius 3 is 2.71 bits per heavy atom. The molecule has 0 unspecified atom stereocenters. The molecular formula is C23H23FN4O3. The van der Waals surface area contributed by atoms with Gasteiger partial charge in [0.2, 0.25) is 0 Å². The van der Waals surface area contributed by atoms with Crippen LogP contribution in [0.2, 0.25) is 0 Å². The Balaban J connectivity index is 1.66. The number of methoxy groups -OCH3 is 1. The third-order valence-electron chi connectivity index (χ3n) is 5.42. The minimum Gasteiger partial charge on any atom is -0.383 e. The first-order chi connectivity index (χ1) is 15.0. The molecule has 0 saturated heterocycles. The van der Waals surface area contributed by atoms with Crippen molar-refractivity contribution in [2.45, 2.75) is 12.6 Å². The molecule has 1 aliphatic rings. The van der Waals surface area contributed by atoms with Crippen molar-refractivity contribution >= 4 is 11.8 Å². The van der Waals surface area contributed by atoms with Crippen molar-refractivity contribution in [3.63, 3.8) is 0 Å². The molecule has 160 valence electrons. The van der Waals surface area contributed by atoms with Crippen LogP contribution in [0.3, 0.4) is 0 Å². The zero-order chi connectivity index (χ0) is 22.0. The molecule has 2 heterocycles. The lowest BCUT2D eigenvalue weighted by molar-refractivity contribution is 0.0715. The van der Waals surface area contributed by atoms with Crippen molar-refractivity contribution in [2.75, 3.05) is 20.3 Å². The number of nitrogens with one attached hydrogen (secondary N) is 1. The van der Waals surface area contributed by atoms with Crippen molar-refractivity contribution in [3.8, 4) is 0 Å². The van der Waals surface area contributed by atoms with Gasteiger partial charge in [0, 0.05) is 39.6 Å². The summed E-state index contributed by atoms with van der Waals surface area (Å²) < 4.78 is 20.3. The molecule has 0 fully saturated rings. The molecule has 4 rings (SSSR count). The molecule has 1 N–H and O–H groups in total. The van der Waals surface area contributed by atoms with Gasteiger partial charge >= 0.3 is 0 Å². The number of halogens is 1. The van der Waals surface area contributed by atoms with Crippen LogP contribution in [0.5, 0.6) is 0 Å². The Bertz CT molecular complexity index is 1110. The van der Waals surface area contributed by atoms with E-state index in [1.807, 2.05) is 13.1 Å². The molecule has 31 heavy (non-hydrogen) atoms. The number of benzene rings is 2. The molecule has 1 atom stereocenters. The second-order valence-electron chi connectivity index (χ2n) is 7.41. The Labute approximate surface area is 179 Å². The highest BCUT2D eigenvalue weighted by Crippen LogP contribution is 2.27. The molecule has 2 aromatic carbocycles. The molecule has 0 spiro atoms. The summed E-state index contributed by atoms with van der Waals surface area (Å²) in [7, 11) is 3.40. The molecule has 7 nitrogen and oxygen atoms in total. The van der Waals surface area contributed by atoms with Crippen LogP contribution in [-0.4, -0.2) is 46.5 Å². The van der Waals surface area contributed by atoms with E-state index >= 15 is 0 Å². The van der Waals surface area contributed by atoms with Crippen molar-refractivity contribution in [1.29, 1.82) is 0 Å². The van der Waals surface area contributed by atoms with Crippen molar-refractivity contribution in [2.24, 2.45) is 7.05 Å². The average Bonchev–Trinajstić information content (AvgIpc) is 3.34. The van der Waals surface area contributed by atoms with E-state index in [9.17, 15) is 14.0 Å². The highest BCUT2D eigenvalue weighted by atomic mass is 19.1. The van der Waals surface area contributed by atoms with E-state index in [1.165, 1.54) is 12.1 Å². The smallest absolute Gasteiger partial charge is 0.255 e. The summed E-state index contributed by atoms with van der Waals surface area (Å²) in [6.07, 6.45) is 3.41. The van der Waals surface area contributed by atoms with Crippen LogP contribution in [0, 0.1) is 5.82 Å². The second kappa shape index (κ2) is 8.69. The monoisotopic (exact) mass is 422 g/mol. The summed E-state index contributed by atoms with van der Waals surface area (Å²) in [5.41, 5.74) is 2.21. The SMILES string of the molecule is COCCN1Cc2cccc(C(=O)N[C@@H](c3ccc(F)cc3)c3nccn3C)c2C1=O. The van der Waals surface area contributed by atoms with Crippen LogP contribution < -0.4 is 5.32 Å². The van der Waals surface area contributed by atoms with E-state index in [0.29, 0.717) is 42.2 Å². The fourth-order valence-electron chi connectivity index (χ4n) is 3.81. The summed E-state index contributed by atoms with van der Waals surface area (Å²) in [6.45, 7) is 1.32. The number of hydrogen-bond donors (Lipinski definition) is 1. The lowest BCUT2D eigenvalue weighted by atomic mass is 10.0. The molecule has 0 saturated carbocycles. The Kier molecular flexibility index (Phi) is 5.81. The van der Waals surface area contributed by atoms with Gasteiger partial charge in [-0.3, -0.25) is 9.59 Å². The summed E-state index contributed by atoms with van der Waals surface area (Å²) in [5.74, 6) is -0.346. The number of aryl methyl sites for hydroxylation is 1. The van der Waals surface area contributed by atoms with Crippen LogP contribution in [0.25, 0.3) is 0 Å². The number of rotatable bonds is 7. The van der Waals surface area contributed by atoms with Gasteiger partial charge in [0.05, 0.1) is 17.7 Å². The highest BCUT2D eigenvalue weighted by molar-refractivity contribution is 6.09. The molecule has 0 bridgehead atoms. The minimum absolute atomic E-state index is 0.187. The van der Waals surface area contributed by atoms with E-state index in [4.69, 9.17) is 4.74 Å². The number of hydrogen-bond acceptors (Lipinski definition) is 4. The largest absolute Gasteiger partial charge is 0.383 e. The maximum atomic E-state index is 13.5.